The molecule has 26 heavy (non-hydrogen) atoms. The van der Waals surface area contributed by atoms with Gasteiger partial charge in [-0.3, -0.25) is 4.79 Å². The van der Waals surface area contributed by atoms with Crippen molar-refractivity contribution in [1.29, 1.82) is 0 Å². The van der Waals surface area contributed by atoms with Crippen LogP contribution >= 0.6 is 11.8 Å². The molecule has 0 spiro atoms. The van der Waals surface area contributed by atoms with Gasteiger partial charge in [-0.25, -0.2) is 4.98 Å². The zero-order valence-electron chi connectivity index (χ0n) is 14.7. The van der Waals surface area contributed by atoms with Crippen LogP contribution in [0.1, 0.15) is 16.1 Å². The molecule has 2 aromatic carbocycles. The highest BCUT2D eigenvalue weighted by Gasteiger charge is 2.21. The molecule has 0 bridgehead atoms. The predicted octanol–water partition coefficient (Wildman–Crippen LogP) is 4.48. The van der Waals surface area contributed by atoms with E-state index in [1.165, 1.54) is 0 Å². The number of pyridine rings is 1. The minimum atomic E-state index is 0.0175. The van der Waals surface area contributed by atoms with Gasteiger partial charge in [-0.1, -0.05) is 36.4 Å². The second-order valence-electron chi connectivity index (χ2n) is 6.42. The molecule has 5 heteroatoms. The molecule has 0 atom stereocenters. The first kappa shape index (κ1) is 16.9. The lowest BCUT2D eigenvalue weighted by Gasteiger charge is -2.26. The Bertz CT molecular complexity index is 951. The van der Waals surface area contributed by atoms with Gasteiger partial charge in [0, 0.05) is 35.7 Å². The summed E-state index contributed by atoms with van der Waals surface area (Å²) in [5.41, 5.74) is 4.46. The van der Waals surface area contributed by atoms with Crippen LogP contribution in [-0.4, -0.2) is 40.4 Å². The van der Waals surface area contributed by atoms with Gasteiger partial charge in [0.25, 0.3) is 5.91 Å². The van der Waals surface area contributed by atoms with Gasteiger partial charge in [0.15, 0.2) is 0 Å². The monoisotopic (exact) mass is 363 g/mol. The molecular weight excluding hydrogens is 342 g/mol. The number of thioether (sulfide) groups is 1. The van der Waals surface area contributed by atoms with Crippen LogP contribution in [0.2, 0.25) is 0 Å². The van der Waals surface area contributed by atoms with E-state index in [1.54, 1.807) is 0 Å². The number of nitrogens with zero attached hydrogens (tertiary/aromatic N) is 2. The van der Waals surface area contributed by atoms with Crippen molar-refractivity contribution >= 4 is 39.9 Å². The maximum Gasteiger partial charge on any atom is 0.272 e. The molecule has 4 rings (SSSR count). The number of anilines is 2. The fourth-order valence-corrected chi connectivity index (χ4v) is 4.08. The lowest BCUT2D eigenvalue weighted by molar-refractivity contribution is 0.0767. The molecular formula is C21H21N3OS. The predicted molar refractivity (Wildman–Crippen MR) is 109 cm³/mol. The van der Waals surface area contributed by atoms with Gasteiger partial charge < -0.3 is 10.2 Å². The standard InChI is InChI=1S/C21H21N3OS/c1-15-6-2-4-8-17(15)22-19-14-20(21(25)24-10-12-26-13-11-24)23-18-9-5-3-7-16(18)19/h2-9,14H,10-13H2,1H3,(H,22,23). The molecule has 4 nitrogen and oxygen atoms in total. The summed E-state index contributed by atoms with van der Waals surface area (Å²) >= 11 is 1.89. The number of hydrogen-bond donors (Lipinski definition) is 1. The van der Waals surface area contributed by atoms with Gasteiger partial charge in [-0.2, -0.15) is 11.8 Å². The molecule has 1 amide bonds. The average Bonchev–Trinajstić information content (AvgIpc) is 2.69. The van der Waals surface area contributed by atoms with Crippen LogP contribution < -0.4 is 5.32 Å². The Hall–Kier alpha value is -2.53. The third-order valence-electron chi connectivity index (χ3n) is 4.65. The summed E-state index contributed by atoms with van der Waals surface area (Å²) in [5, 5.41) is 4.51. The summed E-state index contributed by atoms with van der Waals surface area (Å²) in [6.07, 6.45) is 0. The summed E-state index contributed by atoms with van der Waals surface area (Å²) in [6.45, 7) is 3.65. The maximum absolute atomic E-state index is 12.9. The normalized spacial score (nSPS) is 14.4. The van der Waals surface area contributed by atoms with Gasteiger partial charge in [0.05, 0.1) is 11.2 Å². The molecule has 3 aromatic rings. The van der Waals surface area contributed by atoms with E-state index in [2.05, 4.69) is 23.3 Å². The molecule has 1 saturated heterocycles. The SMILES string of the molecule is Cc1ccccc1Nc1cc(C(=O)N2CCSCC2)nc2ccccc12. The Balaban J connectivity index is 1.76. The van der Waals surface area contributed by atoms with Crippen molar-refractivity contribution in [2.75, 3.05) is 29.9 Å². The lowest BCUT2D eigenvalue weighted by Crippen LogP contribution is -2.38. The van der Waals surface area contributed by atoms with Crippen LogP contribution in [0, 0.1) is 6.92 Å². The van der Waals surface area contributed by atoms with Crippen LogP contribution in [0.15, 0.2) is 54.6 Å². The molecule has 1 aliphatic heterocycles. The quantitative estimate of drug-likeness (QED) is 0.745. The molecule has 1 fully saturated rings. The van der Waals surface area contributed by atoms with Gasteiger partial charge >= 0.3 is 0 Å². The van der Waals surface area contributed by atoms with Crippen molar-refractivity contribution in [2.45, 2.75) is 6.92 Å². The number of hydrogen-bond acceptors (Lipinski definition) is 4. The van der Waals surface area contributed by atoms with Crippen LogP contribution in [-0.2, 0) is 0 Å². The van der Waals surface area contributed by atoms with Crippen molar-refractivity contribution in [2.24, 2.45) is 0 Å². The second kappa shape index (κ2) is 7.38. The van der Waals surface area contributed by atoms with Gasteiger partial charge in [0.2, 0.25) is 0 Å². The number of rotatable bonds is 3. The minimum Gasteiger partial charge on any atom is -0.355 e. The van der Waals surface area contributed by atoms with E-state index >= 15 is 0 Å². The van der Waals surface area contributed by atoms with Gasteiger partial charge in [0.1, 0.15) is 5.69 Å². The van der Waals surface area contributed by atoms with Crippen molar-refractivity contribution in [3.63, 3.8) is 0 Å². The Labute approximate surface area is 157 Å². The topological polar surface area (TPSA) is 45.2 Å². The zero-order chi connectivity index (χ0) is 17.9. The Morgan fingerprint density at radius 2 is 1.77 bits per heavy atom. The highest BCUT2D eigenvalue weighted by Crippen LogP contribution is 2.28. The van der Waals surface area contributed by atoms with E-state index in [1.807, 2.05) is 65.2 Å². The summed E-state index contributed by atoms with van der Waals surface area (Å²) in [7, 11) is 0. The average molecular weight is 363 g/mol. The third kappa shape index (κ3) is 3.40. The molecule has 2 heterocycles. The molecule has 0 unspecified atom stereocenters. The van der Waals surface area contributed by atoms with Gasteiger partial charge in [-0.05, 0) is 30.7 Å². The molecule has 1 aromatic heterocycles. The van der Waals surface area contributed by atoms with E-state index in [0.717, 1.165) is 52.4 Å². The fraction of sp³-hybridized carbons (Fsp3) is 0.238. The lowest BCUT2D eigenvalue weighted by atomic mass is 10.1. The van der Waals surface area contributed by atoms with Crippen LogP contribution in [0.5, 0.6) is 0 Å². The molecule has 1 aliphatic rings. The summed E-state index contributed by atoms with van der Waals surface area (Å²) in [5.74, 6) is 2.00. The number of fused-ring (bicyclic) bond motifs is 1. The first-order valence-corrected chi connectivity index (χ1v) is 9.97. The van der Waals surface area contributed by atoms with Crippen LogP contribution in [0.4, 0.5) is 11.4 Å². The number of para-hydroxylation sites is 2. The largest absolute Gasteiger partial charge is 0.355 e. The molecule has 0 saturated carbocycles. The summed E-state index contributed by atoms with van der Waals surface area (Å²) < 4.78 is 0. The molecule has 0 aliphatic carbocycles. The minimum absolute atomic E-state index is 0.0175. The number of amides is 1. The smallest absolute Gasteiger partial charge is 0.272 e. The molecule has 1 N–H and O–H groups in total. The van der Waals surface area contributed by atoms with Crippen molar-refractivity contribution in [3.8, 4) is 0 Å². The van der Waals surface area contributed by atoms with Crippen LogP contribution in [0.3, 0.4) is 0 Å². The highest BCUT2D eigenvalue weighted by atomic mass is 32.2. The van der Waals surface area contributed by atoms with E-state index in [0.29, 0.717) is 5.69 Å². The van der Waals surface area contributed by atoms with E-state index in [-0.39, 0.29) is 5.91 Å². The number of carbonyl (C=O) groups excluding carboxylic acids is 1. The first-order valence-electron chi connectivity index (χ1n) is 8.82. The van der Waals surface area contributed by atoms with Crippen LogP contribution in [0.25, 0.3) is 10.9 Å². The highest BCUT2D eigenvalue weighted by molar-refractivity contribution is 7.99. The Morgan fingerprint density at radius 1 is 1.04 bits per heavy atom. The number of aryl methyl sites for hydroxylation is 1. The van der Waals surface area contributed by atoms with Gasteiger partial charge in [-0.15, -0.1) is 0 Å². The number of aromatic nitrogens is 1. The Kier molecular flexibility index (Phi) is 4.80. The van der Waals surface area contributed by atoms with E-state index < -0.39 is 0 Å². The number of benzene rings is 2. The van der Waals surface area contributed by atoms with E-state index in [9.17, 15) is 4.79 Å². The van der Waals surface area contributed by atoms with Crippen molar-refractivity contribution < 1.29 is 4.79 Å². The summed E-state index contributed by atoms with van der Waals surface area (Å²) in [4.78, 5) is 19.5. The number of nitrogens with one attached hydrogen (secondary N) is 1. The van der Waals surface area contributed by atoms with Crippen molar-refractivity contribution in [3.05, 3.63) is 65.9 Å². The Morgan fingerprint density at radius 3 is 2.58 bits per heavy atom. The third-order valence-corrected chi connectivity index (χ3v) is 5.59. The zero-order valence-corrected chi connectivity index (χ0v) is 15.6. The number of carbonyl (C=O) groups is 1. The van der Waals surface area contributed by atoms with Crippen molar-refractivity contribution in [1.82, 2.24) is 9.88 Å². The molecule has 0 radical (unpaired) electrons. The molecule has 132 valence electrons. The fourth-order valence-electron chi connectivity index (χ4n) is 3.18. The van der Waals surface area contributed by atoms with E-state index in [4.69, 9.17) is 0 Å². The first-order chi connectivity index (χ1) is 12.7. The summed E-state index contributed by atoms with van der Waals surface area (Å²) in [6, 6.07) is 18.0. The second-order valence-corrected chi connectivity index (χ2v) is 7.64. The maximum atomic E-state index is 12.9.